The van der Waals surface area contributed by atoms with Gasteiger partial charge in [0, 0.05) is 6.54 Å². The second-order valence-corrected chi connectivity index (χ2v) is 5.22. The van der Waals surface area contributed by atoms with Gasteiger partial charge in [-0.2, -0.15) is 5.10 Å². The maximum atomic E-state index is 5.52. The zero-order valence-electron chi connectivity index (χ0n) is 13.4. The Labute approximate surface area is 127 Å². The normalized spacial score (nSPS) is 12.4. The third-order valence-electron chi connectivity index (χ3n) is 3.61. The molecule has 1 atom stereocenters. The summed E-state index contributed by atoms with van der Waals surface area (Å²) in [6, 6.07) is 8.70. The van der Waals surface area contributed by atoms with E-state index < -0.39 is 0 Å². The van der Waals surface area contributed by atoms with E-state index in [9.17, 15) is 0 Å². The molecule has 4 nitrogen and oxygen atoms in total. The molecular formula is C17H25N3O. The smallest absolute Gasteiger partial charge is 0.161 e. The number of ether oxygens (including phenoxy) is 1. The minimum Gasteiger partial charge on any atom is -0.493 e. The summed E-state index contributed by atoms with van der Waals surface area (Å²) in [6.45, 7) is 8.18. The minimum atomic E-state index is 0.0993. The van der Waals surface area contributed by atoms with Gasteiger partial charge in [-0.25, -0.2) is 0 Å². The number of aromatic nitrogens is 2. The van der Waals surface area contributed by atoms with Crippen LogP contribution in [0.15, 0.2) is 30.5 Å². The van der Waals surface area contributed by atoms with Crippen LogP contribution in [0.25, 0.3) is 0 Å². The molecule has 0 radical (unpaired) electrons. The van der Waals surface area contributed by atoms with E-state index in [-0.39, 0.29) is 6.04 Å². The van der Waals surface area contributed by atoms with Crippen LogP contribution in [0, 0.1) is 6.92 Å². The van der Waals surface area contributed by atoms with Gasteiger partial charge in [0.25, 0.3) is 0 Å². The van der Waals surface area contributed by atoms with E-state index in [0.29, 0.717) is 0 Å². The lowest BCUT2D eigenvalue weighted by molar-refractivity contribution is 0.398. The third kappa shape index (κ3) is 3.45. The first-order valence-electron chi connectivity index (χ1n) is 7.60. The molecule has 1 heterocycles. The van der Waals surface area contributed by atoms with Gasteiger partial charge in [0.15, 0.2) is 5.75 Å². The topological polar surface area (TPSA) is 39.1 Å². The van der Waals surface area contributed by atoms with E-state index in [1.807, 2.05) is 4.68 Å². The second kappa shape index (κ2) is 7.27. The number of rotatable bonds is 7. The Morgan fingerprint density at radius 1 is 1.33 bits per heavy atom. The summed E-state index contributed by atoms with van der Waals surface area (Å²) in [5, 5.41) is 8.06. The third-order valence-corrected chi connectivity index (χ3v) is 3.61. The lowest BCUT2D eigenvalue weighted by Gasteiger charge is -2.21. The number of hydrogen-bond donors (Lipinski definition) is 1. The number of benzene rings is 1. The Morgan fingerprint density at radius 3 is 2.76 bits per heavy atom. The van der Waals surface area contributed by atoms with Gasteiger partial charge in [-0.1, -0.05) is 36.8 Å². The molecule has 0 saturated heterocycles. The number of nitrogens with one attached hydrogen (secondary N) is 1. The fourth-order valence-electron chi connectivity index (χ4n) is 2.59. The van der Waals surface area contributed by atoms with Gasteiger partial charge in [0.05, 0.1) is 19.3 Å². The van der Waals surface area contributed by atoms with Crippen molar-refractivity contribution in [3.63, 3.8) is 0 Å². The van der Waals surface area contributed by atoms with Crippen molar-refractivity contribution in [2.75, 3.05) is 13.7 Å². The van der Waals surface area contributed by atoms with E-state index >= 15 is 0 Å². The summed E-state index contributed by atoms with van der Waals surface area (Å²) >= 11 is 0. The van der Waals surface area contributed by atoms with E-state index in [1.54, 1.807) is 13.3 Å². The maximum Gasteiger partial charge on any atom is 0.161 e. The van der Waals surface area contributed by atoms with Crippen molar-refractivity contribution in [3.05, 3.63) is 47.3 Å². The van der Waals surface area contributed by atoms with E-state index in [4.69, 9.17) is 4.74 Å². The molecule has 0 bridgehead atoms. The second-order valence-electron chi connectivity index (χ2n) is 5.22. The number of hydrogen-bond acceptors (Lipinski definition) is 3. The molecule has 1 aromatic carbocycles. The number of methoxy groups -OCH3 is 1. The first-order chi connectivity index (χ1) is 10.2. The van der Waals surface area contributed by atoms with Crippen molar-refractivity contribution in [1.82, 2.24) is 15.1 Å². The van der Waals surface area contributed by atoms with Crippen molar-refractivity contribution < 1.29 is 4.74 Å². The van der Waals surface area contributed by atoms with Crippen LogP contribution < -0.4 is 10.1 Å². The van der Waals surface area contributed by atoms with Crippen molar-refractivity contribution in [1.29, 1.82) is 0 Å². The fourth-order valence-corrected chi connectivity index (χ4v) is 2.59. The van der Waals surface area contributed by atoms with Crippen LogP contribution in [0.5, 0.6) is 5.75 Å². The number of aryl methyl sites for hydroxylation is 2. The predicted molar refractivity (Wildman–Crippen MR) is 85.8 cm³/mol. The highest BCUT2D eigenvalue weighted by atomic mass is 16.5. The highest BCUT2D eigenvalue weighted by molar-refractivity contribution is 5.37. The summed E-state index contributed by atoms with van der Waals surface area (Å²) < 4.78 is 7.53. The van der Waals surface area contributed by atoms with Gasteiger partial charge in [-0.05, 0) is 32.4 Å². The van der Waals surface area contributed by atoms with Gasteiger partial charge in [-0.3, -0.25) is 4.68 Å². The van der Waals surface area contributed by atoms with E-state index in [0.717, 1.165) is 31.0 Å². The Kier molecular flexibility index (Phi) is 5.39. The zero-order chi connectivity index (χ0) is 15.2. The largest absolute Gasteiger partial charge is 0.493 e. The first-order valence-corrected chi connectivity index (χ1v) is 7.60. The van der Waals surface area contributed by atoms with E-state index in [1.165, 1.54) is 11.1 Å². The molecule has 0 aliphatic carbocycles. The summed E-state index contributed by atoms with van der Waals surface area (Å²) in [5.74, 6) is 0.840. The summed E-state index contributed by atoms with van der Waals surface area (Å²) in [4.78, 5) is 0. The van der Waals surface area contributed by atoms with Gasteiger partial charge >= 0.3 is 0 Å². The highest BCUT2D eigenvalue weighted by Gasteiger charge is 2.22. The minimum absolute atomic E-state index is 0.0993. The Hall–Kier alpha value is -1.81. The highest BCUT2D eigenvalue weighted by Crippen LogP contribution is 2.30. The van der Waals surface area contributed by atoms with Crippen molar-refractivity contribution in [2.45, 2.75) is 39.8 Å². The van der Waals surface area contributed by atoms with Gasteiger partial charge in [0.2, 0.25) is 0 Å². The van der Waals surface area contributed by atoms with Crippen molar-refractivity contribution in [2.24, 2.45) is 0 Å². The molecule has 1 N–H and O–H groups in total. The molecule has 114 valence electrons. The molecule has 21 heavy (non-hydrogen) atoms. The molecule has 0 fully saturated rings. The quantitative estimate of drug-likeness (QED) is 0.849. The predicted octanol–water partition coefficient (Wildman–Crippen LogP) is 3.31. The molecule has 0 aliphatic heterocycles. The van der Waals surface area contributed by atoms with Crippen LogP contribution >= 0.6 is 0 Å². The van der Waals surface area contributed by atoms with Gasteiger partial charge in [0.1, 0.15) is 5.69 Å². The number of nitrogens with zero attached hydrogens (tertiary/aromatic N) is 2. The van der Waals surface area contributed by atoms with Crippen LogP contribution in [-0.2, 0) is 6.54 Å². The lowest BCUT2D eigenvalue weighted by Crippen LogP contribution is -2.26. The van der Waals surface area contributed by atoms with Crippen LogP contribution in [0.2, 0.25) is 0 Å². The van der Waals surface area contributed by atoms with Crippen molar-refractivity contribution in [3.8, 4) is 5.75 Å². The van der Waals surface area contributed by atoms with Crippen molar-refractivity contribution >= 4 is 0 Å². The molecule has 2 aromatic rings. The first kappa shape index (κ1) is 15.6. The molecule has 0 saturated carbocycles. The van der Waals surface area contributed by atoms with Crippen LogP contribution in [-0.4, -0.2) is 23.4 Å². The SMILES string of the molecule is CCCNC(c1cccc(C)c1)c1c(OC)cnn1CC. The van der Waals surface area contributed by atoms with Crippen LogP contribution in [0.1, 0.15) is 43.1 Å². The molecular weight excluding hydrogens is 262 g/mol. The maximum absolute atomic E-state index is 5.52. The van der Waals surface area contributed by atoms with Crippen LogP contribution in [0.4, 0.5) is 0 Å². The summed E-state index contributed by atoms with van der Waals surface area (Å²) in [5.41, 5.74) is 3.60. The molecule has 0 spiro atoms. The fraction of sp³-hybridized carbons (Fsp3) is 0.471. The summed E-state index contributed by atoms with van der Waals surface area (Å²) in [7, 11) is 1.70. The van der Waals surface area contributed by atoms with E-state index in [2.05, 4.69) is 55.5 Å². The molecule has 0 amide bonds. The summed E-state index contributed by atoms with van der Waals surface area (Å²) in [6.07, 6.45) is 2.89. The Morgan fingerprint density at radius 2 is 2.14 bits per heavy atom. The van der Waals surface area contributed by atoms with Crippen LogP contribution in [0.3, 0.4) is 0 Å². The monoisotopic (exact) mass is 287 g/mol. The van der Waals surface area contributed by atoms with Gasteiger partial charge in [-0.15, -0.1) is 0 Å². The molecule has 2 rings (SSSR count). The van der Waals surface area contributed by atoms with Gasteiger partial charge < -0.3 is 10.1 Å². The Balaban J connectivity index is 2.47. The Bertz CT molecular complexity index is 556. The average Bonchev–Trinajstić information content (AvgIpc) is 2.91. The standard InChI is InChI=1S/C17H25N3O/c1-5-10-18-16(14-9-7-8-13(3)11-14)17-15(21-4)12-19-20(17)6-2/h7-9,11-12,16,18H,5-6,10H2,1-4H3. The molecule has 1 aromatic heterocycles. The molecule has 1 unspecified atom stereocenters. The average molecular weight is 287 g/mol. The molecule has 0 aliphatic rings. The molecule has 4 heteroatoms. The lowest BCUT2D eigenvalue weighted by atomic mass is 10.0. The zero-order valence-corrected chi connectivity index (χ0v) is 13.4.